The third-order valence-corrected chi connectivity index (χ3v) is 6.09. The van der Waals surface area contributed by atoms with E-state index in [9.17, 15) is 14.9 Å². The maximum atomic E-state index is 13.1. The van der Waals surface area contributed by atoms with Crippen LogP contribution in [-0.4, -0.2) is 27.2 Å². The van der Waals surface area contributed by atoms with Gasteiger partial charge in [0.2, 0.25) is 5.78 Å². The summed E-state index contributed by atoms with van der Waals surface area (Å²) in [5.74, 6) is 0.151. The largest absolute Gasteiger partial charge is 0.497 e. The summed E-state index contributed by atoms with van der Waals surface area (Å²) < 4.78 is 9.00. The molecule has 0 saturated heterocycles. The van der Waals surface area contributed by atoms with Crippen LogP contribution in [0.5, 0.6) is 5.75 Å². The first-order valence-corrected chi connectivity index (χ1v) is 10.3. The number of benzene rings is 1. The number of allylic oxidation sites excluding steroid dienone is 1. The zero-order chi connectivity index (χ0) is 22.7. The first-order valence-electron chi connectivity index (χ1n) is 9.48. The Bertz CT molecular complexity index is 1380. The van der Waals surface area contributed by atoms with Gasteiger partial charge in [-0.3, -0.25) is 18.8 Å². The van der Waals surface area contributed by atoms with Crippen molar-refractivity contribution in [2.75, 3.05) is 7.11 Å². The number of hydrogen-bond acceptors (Lipinski definition) is 6. The molecule has 0 saturated carbocycles. The Balaban J connectivity index is 2.28. The van der Waals surface area contributed by atoms with Crippen molar-refractivity contribution in [3.05, 3.63) is 79.0 Å². The summed E-state index contributed by atoms with van der Waals surface area (Å²) in [4.78, 5) is 26.2. The molecule has 0 spiro atoms. The quantitative estimate of drug-likeness (QED) is 0.436. The van der Waals surface area contributed by atoms with Crippen LogP contribution in [0.4, 0.5) is 0 Å². The van der Waals surface area contributed by atoms with Gasteiger partial charge in [-0.1, -0.05) is 6.08 Å². The molecule has 0 radical (unpaired) electrons. The highest BCUT2D eigenvalue weighted by Crippen LogP contribution is 2.15. The maximum Gasteiger partial charge on any atom is 0.269 e. The predicted molar refractivity (Wildman–Crippen MR) is 121 cm³/mol. The summed E-state index contributed by atoms with van der Waals surface area (Å²) >= 11 is 1.12. The van der Waals surface area contributed by atoms with Crippen molar-refractivity contribution in [1.82, 2.24) is 14.3 Å². The minimum absolute atomic E-state index is 0.0894. The normalized spacial score (nSPS) is 12.4. The molecule has 0 unspecified atom stereocenters. The molecule has 3 aromatic rings. The topological polar surface area (TPSA) is 89.9 Å². The average molecular weight is 435 g/mol. The van der Waals surface area contributed by atoms with Gasteiger partial charge in [-0.25, -0.2) is 0 Å². The van der Waals surface area contributed by atoms with Crippen LogP contribution in [0.1, 0.15) is 27.3 Å². The molecular weight excluding hydrogens is 412 g/mol. The van der Waals surface area contributed by atoms with Crippen LogP contribution in [-0.2, 0) is 13.6 Å². The third kappa shape index (κ3) is 4.13. The van der Waals surface area contributed by atoms with Gasteiger partial charge in [0.1, 0.15) is 22.1 Å². The highest BCUT2D eigenvalue weighted by atomic mass is 32.1. The van der Waals surface area contributed by atoms with Crippen molar-refractivity contribution >= 4 is 28.8 Å². The molecule has 0 aliphatic carbocycles. The van der Waals surface area contributed by atoms with Crippen LogP contribution in [0.15, 0.2) is 41.7 Å². The molecule has 0 N–H and O–H groups in total. The molecule has 2 heterocycles. The minimum atomic E-state index is -0.454. The van der Waals surface area contributed by atoms with Gasteiger partial charge in [0.05, 0.1) is 17.3 Å². The lowest BCUT2D eigenvalue weighted by Crippen LogP contribution is -2.32. The first kappa shape index (κ1) is 22.0. The summed E-state index contributed by atoms with van der Waals surface area (Å²) in [6.45, 7) is 7.68. The Labute approximate surface area is 183 Å². The molecule has 0 atom stereocenters. The summed E-state index contributed by atoms with van der Waals surface area (Å²) in [7, 11) is 3.37. The number of ketones is 1. The molecule has 7 nitrogen and oxygen atoms in total. The number of methoxy groups -OCH3 is 1. The van der Waals surface area contributed by atoms with E-state index in [-0.39, 0.29) is 17.7 Å². The molecule has 0 bridgehead atoms. The van der Waals surface area contributed by atoms with E-state index in [1.54, 1.807) is 41.1 Å². The van der Waals surface area contributed by atoms with Crippen LogP contribution in [0.3, 0.4) is 0 Å². The second-order valence-corrected chi connectivity index (χ2v) is 7.90. The van der Waals surface area contributed by atoms with Crippen LogP contribution >= 0.6 is 11.3 Å². The second kappa shape index (κ2) is 8.98. The molecule has 0 aliphatic rings. The van der Waals surface area contributed by atoms with Crippen LogP contribution in [0, 0.1) is 25.2 Å². The first-order chi connectivity index (χ1) is 14.8. The monoisotopic (exact) mass is 434 g/mol. The molecule has 3 rings (SSSR count). The van der Waals surface area contributed by atoms with Crippen molar-refractivity contribution in [1.29, 1.82) is 5.26 Å². The molecule has 158 valence electrons. The summed E-state index contributed by atoms with van der Waals surface area (Å²) in [5.41, 5.74) is 2.53. The van der Waals surface area contributed by atoms with Crippen molar-refractivity contribution in [3.63, 3.8) is 0 Å². The van der Waals surface area contributed by atoms with E-state index in [0.29, 0.717) is 20.5 Å². The molecule has 31 heavy (non-hydrogen) atoms. The maximum absolute atomic E-state index is 13.1. The Morgan fingerprint density at radius 2 is 2.00 bits per heavy atom. The second-order valence-electron chi connectivity index (χ2n) is 6.87. The van der Waals surface area contributed by atoms with Gasteiger partial charge < -0.3 is 4.74 Å². The standard InChI is InChI=1S/C23H22N4O3S/c1-6-11-27-22(29)20(12-18-14(2)25-26(4)15(18)3)31-23(27)19(13-24)21(28)16-7-9-17(30-5)10-8-16/h6-10,12H,1,11H2,2-5H3. The number of thiazole rings is 1. The van der Waals surface area contributed by atoms with Crippen molar-refractivity contribution in [3.8, 4) is 11.8 Å². The van der Waals surface area contributed by atoms with E-state index in [2.05, 4.69) is 11.7 Å². The molecule has 0 amide bonds. The number of nitrogens with zero attached hydrogens (tertiary/aromatic N) is 4. The van der Waals surface area contributed by atoms with Gasteiger partial charge >= 0.3 is 0 Å². The summed E-state index contributed by atoms with van der Waals surface area (Å²) in [6, 6.07) is 8.49. The van der Waals surface area contributed by atoms with Crippen molar-refractivity contribution in [2.24, 2.45) is 7.05 Å². The van der Waals surface area contributed by atoms with Gasteiger partial charge in [-0.05, 0) is 44.2 Å². The zero-order valence-corrected chi connectivity index (χ0v) is 18.6. The SMILES string of the molecule is C=CCn1c(=C(C#N)C(=O)c2ccc(OC)cc2)sc(=Cc2c(C)nn(C)c2C)c1=O. The van der Waals surface area contributed by atoms with Crippen LogP contribution in [0.2, 0.25) is 0 Å². The predicted octanol–water partition coefficient (Wildman–Crippen LogP) is 1.84. The van der Waals surface area contributed by atoms with E-state index in [1.165, 1.54) is 11.7 Å². The summed E-state index contributed by atoms with van der Waals surface area (Å²) in [5, 5.41) is 14.2. The molecule has 8 heteroatoms. The highest BCUT2D eigenvalue weighted by molar-refractivity contribution is 7.07. The van der Waals surface area contributed by atoms with Crippen LogP contribution in [0.25, 0.3) is 11.6 Å². The van der Waals surface area contributed by atoms with E-state index in [0.717, 1.165) is 28.3 Å². The number of rotatable bonds is 6. The van der Waals surface area contributed by atoms with E-state index >= 15 is 0 Å². The smallest absolute Gasteiger partial charge is 0.269 e. The molecule has 0 fully saturated rings. The zero-order valence-electron chi connectivity index (χ0n) is 17.8. The Morgan fingerprint density at radius 1 is 1.32 bits per heavy atom. The molecule has 0 aliphatic heterocycles. The molecule has 1 aromatic carbocycles. The molecular formula is C23H22N4O3S. The van der Waals surface area contributed by atoms with E-state index in [4.69, 9.17) is 4.74 Å². The van der Waals surface area contributed by atoms with E-state index in [1.807, 2.05) is 27.0 Å². The van der Waals surface area contributed by atoms with Gasteiger partial charge in [0.15, 0.2) is 0 Å². The average Bonchev–Trinajstić information content (AvgIpc) is 3.19. The lowest BCUT2D eigenvalue weighted by atomic mass is 10.1. The Morgan fingerprint density at radius 3 is 2.52 bits per heavy atom. The fourth-order valence-corrected chi connectivity index (χ4v) is 4.30. The number of hydrogen-bond donors (Lipinski definition) is 0. The van der Waals surface area contributed by atoms with E-state index < -0.39 is 5.78 Å². The number of aryl methyl sites for hydroxylation is 2. The highest BCUT2D eigenvalue weighted by Gasteiger charge is 2.18. The summed E-state index contributed by atoms with van der Waals surface area (Å²) in [6.07, 6.45) is 3.33. The number of Topliss-reactive ketones (excluding diaryl/α,β-unsaturated/α-hetero) is 1. The van der Waals surface area contributed by atoms with Crippen molar-refractivity contribution in [2.45, 2.75) is 20.4 Å². The third-order valence-electron chi connectivity index (χ3n) is 4.96. The lowest BCUT2D eigenvalue weighted by Gasteiger charge is -2.03. The van der Waals surface area contributed by atoms with Gasteiger partial charge in [0, 0.05) is 30.4 Å². The fraction of sp³-hybridized carbons (Fsp3) is 0.217. The van der Waals surface area contributed by atoms with Gasteiger partial charge in [-0.15, -0.1) is 17.9 Å². The number of nitriles is 1. The number of ether oxygens (including phenoxy) is 1. The number of aromatic nitrogens is 3. The van der Waals surface area contributed by atoms with Gasteiger partial charge in [0.25, 0.3) is 5.56 Å². The van der Waals surface area contributed by atoms with Gasteiger partial charge in [-0.2, -0.15) is 10.4 Å². The van der Waals surface area contributed by atoms with Crippen molar-refractivity contribution < 1.29 is 9.53 Å². The Kier molecular flexibility index (Phi) is 6.37. The number of carbonyl (C=O) groups is 1. The number of carbonyl (C=O) groups excluding carboxylic acids is 1. The van der Waals surface area contributed by atoms with Crippen LogP contribution < -0.4 is 19.5 Å². The minimum Gasteiger partial charge on any atom is -0.497 e. The lowest BCUT2D eigenvalue weighted by molar-refractivity contribution is 0.105. The molecule has 2 aromatic heterocycles. The Hall–Kier alpha value is -3.70. The fourth-order valence-electron chi connectivity index (χ4n) is 3.21.